The van der Waals surface area contributed by atoms with Gasteiger partial charge in [0.25, 0.3) is 5.54 Å². The molecule has 15 aromatic rings. The van der Waals surface area contributed by atoms with Gasteiger partial charge >= 0.3 is 0 Å². The van der Waals surface area contributed by atoms with Gasteiger partial charge in [0.15, 0.2) is 0 Å². The summed E-state index contributed by atoms with van der Waals surface area (Å²) in [6.45, 7) is 22.0. The zero-order valence-electron chi connectivity index (χ0n) is 62.5. The van der Waals surface area contributed by atoms with Gasteiger partial charge in [-0.15, -0.1) is 0 Å². The molecule has 562 valence electrons. The molecule has 25 heteroatoms. The van der Waals surface area contributed by atoms with Crippen LogP contribution in [0.3, 0.4) is 0 Å². The SMILES string of the molecule is CC(C)(C#N)c1cc(Cn2cncn2)cc(-c2cccc(Cl)c2)c1.CC(C)(C#N)c1cc(Cn2cncn2)cc(-c2ccccc2)c1.N#Cc1ccc(-c2ccc(O)c(Cl)c2)cc1Cn1cncn1.Oc1ccc(-c2ccc(Cn3cncn3)cc2)cc1.[C-]#[N+]C(C)(C)c1cc(Cn2cncn2)cc(-c2ccc(O)c(Cl)c2)c1. The zero-order valence-corrected chi connectivity index (χ0v) is 64.8. The number of benzene rings is 10. The molecular weight excluding hydrogens is 1480 g/mol. The smallest absolute Gasteiger partial charge is 0.252 e. The van der Waals surface area contributed by atoms with Crippen molar-refractivity contribution < 1.29 is 15.3 Å². The predicted octanol–water partition coefficient (Wildman–Crippen LogP) is 18.7. The minimum Gasteiger partial charge on any atom is -0.508 e. The van der Waals surface area contributed by atoms with E-state index >= 15 is 0 Å². The summed E-state index contributed by atoms with van der Waals surface area (Å²) in [6, 6.07) is 74.6. The molecule has 5 aromatic heterocycles. The van der Waals surface area contributed by atoms with Gasteiger partial charge in [-0.3, -0.25) is 0 Å². The second-order valence-electron chi connectivity index (χ2n) is 27.8. The summed E-state index contributed by atoms with van der Waals surface area (Å²) in [5.41, 5.74) is 17.1. The molecule has 0 saturated carbocycles. The normalized spacial score (nSPS) is 10.9. The Morgan fingerprint density at radius 3 is 1.14 bits per heavy atom. The highest BCUT2D eigenvalue weighted by molar-refractivity contribution is 6.32. The standard InChI is InChI=1S/C19H17ClN4O.C19H17ClN4.C19H18N4.C16H11ClN4O.C15H13N3O/c1-19(2,21-3)16-7-13(10-24-12-22-11-23-24)6-15(8-16)14-4-5-18(25)17(20)9-14;1-19(2,11-21)17-7-14(10-24-13-22-12-23-24)6-16(8-17)15-4-3-5-18(20)9-15;1-19(2,12-20)18-9-15(11-23-14-21-13-22-23)8-17(10-18)16-6-4-3-5-7-16;17-15-6-12(3-4-16(15)22)11-1-2-13(7-18)14(5-11)8-21-10-19-9-20-21;19-15-7-5-14(6-8-15)13-3-1-12(2-4-13)9-18-11-16-10-17-18/h4-9,11-12,25H,10H2,1-2H3;3-9,12-13H,10H2,1-2H3;3-10,13-14H,11H2,1-2H3;1-6,9-10,22H,8H2;1-8,10-11,19H,9H2. The lowest BCUT2D eigenvalue weighted by Crippen LogP contribution is -2.15. The average molecular weight is 1550 g/mol. The van der Waals surface area contributed by atoms with Crippen LogP contribution in [0.15, 0.2) is 276 Å². The summed E-state index contributed by atoms with van der Waals surface area (Å²) < 4.78 is 8.73. The third kappa shape index (κ3) is 22.0. The van der Waals surface area contributed by atoms with E-state index in [4.69, 9.17) is 41.4 Å². The van der Waals surface area contributed by atoms with E-state index in [2.05, 4.69) is 146 Å². The summed E-state index contributed by atoms with van der Waals surface area (Å²) in [6.07, 6.45) is 15.9. The Kier molecular flexibility index (Phi) is 26.3. The topological polar surface area (TPSA) is 290 Å². The highest BCUT2D eigenvalue weighted by Gasteiger charge is 2.28. The molecule has 0 unspecified atom stereocenters. The van der Waals surface area contributed by atoms with Gasteiger partial charge in [0.05, 0.1) is 77.4 Å². The number of phenols is 3. The van der Waals surface area contributed by atoms with E-state index in [1.165, 1.54) is 37.2 Å². The highest BCUT2D eigenvalue weighted by Crippen LogP contribution is 2.37. The Morgan fingerprint density at radius 1 is 0.363 bits per heavy atom. The van der Waals surface area contributed by atoms with E-state index in [-0.39, 0.29) is 17.2 Å². The fourth-order valence-corrected chi connectivity index (χ4v) is 12.3. The van der Waals surface area contributed by atoms with Gasteiger partial charge in [0, 0.05) is 24.4 Å². The molecule has 5 heterocycles. The van der Waals surface area contributed by atoms with Crippen molar-refractivity contribution in [2.75, 3.05) is 0 Å². The van der Waals surface area contributed by atoms with Crippen molar-refractivity contribution in [1.29, 1.82) is 15.8 Å². The molecule has 10 aromatic carbocycles. The molecule has 113 heavy (non-hydrogen) atoms. The average Bonchev–Trinajstić information content (AvgIpc) is 1.82. The van der Waals surface area contributed by atoms with Crippen molar-refractivity contribution in [3.05, 3.63) is 352 Å². The Bertz CT molecular complexity index is 5830. The molecule has 15 rings (SSSR count). The van der Waals surface area contributed by atoms with Gasteiger partial charge in [-0.2, -0.15) is 41.3 Å². The Balaban J connectivity index is 0.000000140. The summed E-state index contributed by atoms with van der Waals surface area (Å²) in [5.74, 6) is 0.374. The van der Waals surface area contributed by atoms with Crippen molar-refractivity contribution in [1.82, 2.24) is 73.8 Å². The lowest BCUT2D eigenvalue weighted by atomic mass is 9.83. The molecule has 0 fully saturated rings. The molecule has 0 spiro atoms. The summed E-state index contributed by atoms with van der Waals surface area (Å²) >= 11 is 18.1. The molecule has 0 aliphatic rings. The number of aromatic nitrogens is 15. The Morgan fingerprint density at radius 2 is 0.726 bits per heavy atom. The lowest BCUT2D eigenvalue weighted by molar-refractivity contribution is 0.475. The van der Waals surface area contributed by atoms with E-state index in [0.29, 0.717) is 46.8 Å². The van der Waals surface area contributed by atoms with Crippen molar-refractivity contribution >= 4 is 34.8 Å². The number of nitriles is 3. The van der Waals surface area contributed by atoms with Crippen LogP contribution in [0.4, 0.5) is 0 Å². The maximum Gasteiger partial charge on any atom is 0.252 e. The van der Waals surface area contributed by atoms with Crippen LogP contribution >= 0.6 is 34.8 Å². The summed E-state index contributed by atoms with van der Waals surface area (Å²) in [7, 11) is 0. The van der Waals surface area contributed by atoms with Crippen LogP contribution in [0, 0.1) is 40.6 Å². The fraction of sp³-hybridized carbons (Fsp3) is 0.159. The summed E-state index contributed by atoms with van der Waals surface area (Å²) in [4.78, 5) is 23.5. The van der Waals surface area contributed by atoms with Crippen LogP contribution < -0.4 is 0 Å². The van der Waals surface area contributed by atoms with Crippen LogP contribution in [0.2, 0.25) is 15.1 Å². The molecular formula is C88H76Cl3N19O3. The van der Waals surface area contributed by atoms with E-state index in [9.17, 15) is 31.1 Å². The maximum absolute atomic E-state index is 9.65. The zero-order chi connectivity index (χ0) is 80.1. The first-order chi connectivity index (χ1) is 54.4. The lowest BCUT2D eigenvalue weighted by Gasteiger charge is -2.19. The van der Waals surface area contributed by atoms with Gasteiger partial charge in [-0.1, -0.05) is 144 Å². The molecule has 0 bridgehead atoms. The number of halogens is 3. The first kappa shape index (κ1) is 80.2. The molecule has 0 aliphatic carbocycles. The molecule has 0 radical (unpaired) electrons. The van der Waals surface area contributed by atoms with E-state index < -0.39 is 16.4 Å². The number of nitrogens with zero attached hydrogens (tertiary/aromatic N) is 19. The van der Waals surface area contributed by atoms with Crippen molar-refractivity contribution in [3.63, 3.8) is 0 Å². The number of phenolic OH excluding ortho intramolecular Hbond substituents is 3. The van der Waals surface area contributed by atoms with Crippen LogP contribution in [0.25, 0.3) is 60.5 Å². The van der Waals surface area contributed by atoms with Crippen LogP contribution in [0.1, 0.15) is 91.6 Å². The largest absolute Gasteiger partial charge is 0.508 e. The van der Waals surface area contributed by atoms with Crippen LogP contribution in [-0.2, 0) is 49.1 Å². The van der Waals surface area contributed by atoms with Crippen LogP contribution in [-0.4, -0.2) is 89.1 Å². The first-order valence-electron chi connectivity index (χ1n) is 35.4. The molecule has 3 N–H and O–H groups in total. The predicted molar refractivity (Wildman–Crippen MR) is 437 cm³/mol. The second kappa shape index (κ2) is 37.0. The van der Waals surface area contributed by atoms with Gasteiger partial charge < -0.3 is 20.2 Å². The van der Waals surface area contributed by atoms with Crippen molar-refractivity contribution in [2.24, 2.45) is 0 Å². The second-order valence-corrected chi connectivity index (χ2v) is 29.1. The van der Waals surface area contributed by atoms with E-state index in [1.54, 1.807) is 104 Å². The monoisotopic (exact) mass is 1550 g/mol. The van der Waals surface area contributed by atoms with Gasteiger partial charge in [-0.25, -0.2) is 54.9 Å². The molecule has 0 amide bonds. The fourth-order valence-electron chi connectivity index (χ4n) is 11.8. The number of aromatic hydroxyl groups is 3. The van der Waals surface area contributed by atoms with Crippen LogP contribution in [0.5, 0.6) is 17.2 Å². The molecule has 0 saturated heterocycles. The molecule has 0 atom stereocenters. The minimum absolute atomic E-state index is 0.0434. The summed E-state index contributed by atoms with van der Waals surface area (Å²) in [5, 5.41) is 78.5. The first-order valence-corrected chi connectivity index (χ1v) is 36.5. The third-order valence-electron chi connectivity index (χ3n) is 18.2. The van der Waals surface area contributed by atoms with Gasteiger partial charge in [0.2, 0.25) is 0 Å². The quantitative estimate of drug-likeness (QED) is 0.0673. The van der Waals surface area contributed by atoms with Gasteiger partial charge in [0.1, 0.15) is 80.5 Å². The van der Waals surface area contributed by atoms with Crippen molar-refractivity contribution in [3.8, 4) is 91.1 Å². The highest BCUT2D eigenvalue weighted by atomic mass is 35.5. The van der Waals surface area contributed by atoms with Crippen molar-refractivity contribution in [2.45, 2.75) is 90.6 Å². The van der Waals surface area contributed by atoms with E-state index in [0.717, 1.165) is 101 Å². The van der Waals surface area contributed by atoms with E-state index in [1.807, 2.05) is 133 Å². The Hall–Kier alpha value is -13.9. The molecule has 0 aliphatic heterocycles. The number of hydrogen-bond donors (Lipinski definition) is 3. The minimum atomic E-state index is -0.645. The molecule has 22 nitrogen and oxygen atoms in total. The maximum atomic E-state index is 9.65. The Labute approximate surface area is 669 Å². The van der Waals surface area contributed by atoms with Gasteiger partial charge in [-0.05, 0) is 225 Å². The number of hydrogen-bond acceptors (Lipinski definition) is 16. The third-order valence-corrected chi connectivity index (χ3v) is 19.1. The number of rotatable bonds is 18.